The second-order valence-electron chi connectivity index (χ2n) is 2.74. The minimum absolute atomic E-state index is 0.195. The molecule has 0 fully saturated rings. The van der Waals surface area contributed by atoms with Gasteiger partial charge in [-0.1, -0.05) is 15.9 Å². The lowest BCUT2D eigenvalue weighted by Gasteiger charge is -2.07. The van der Waals surface area contributed by atoms with Crippen LogP contribution in [0.1, 0.15) is 5.56 Å². The molecule has 0 bridgehead atoms. The number of nitrogens with zero attached hydrogens (tertiary/aromatic N) is 1. The number of ether oxygens (including phenoxy) is 1. The van der Waals surface area contributed by atoms with E-state index >= 15 is 0 Å². The molecule has 1 N–H and O–H groups in total. The van der Waals surface area contributed by atoms with Crippen LogP contribution in [-0.4, -0.2) is 17.1 Å². The molecule has 1 aromatic rings. The zero-order valence-electron chi connectivity index (χ0n) is 8.11. The summed E-state index contributed by atoms with van der Waals surface area (Å²) in [5.41, 5.74) is 0.195. The molecular formula is C9H7BrClNO4. The van der Waals surface area contributed by atoms with Crippen LogP contribution in [0.5, 0.6) is 11.5 Å². The molecular weight excluding hydrogens is 301 g/mol. The molecule has 0 saturated carbocycles. The van der Waals surface area contributed by atoms with Gasteiger partial charge in [0.15, 0.2) is 11.5 Å². The van der Waals surface area contributed by atoms with Crippen LogP contribution in [0.3, 0.4) is 0 Å². The van der Waals surface area contributed by atoms with Gasteiger partial charge in [0.05, 0.1) is 12.0 Å². The molecule has 0 aromatic heterocycles. The Labute approximate surface area is 105 Å². The fourth-order valence-electron chi connectivity index (χ4n) is 1.04. The van der Waals surface area contributed by atoms with Crippen molar-refractivity contribution < 1.29 is 14.8 Å². The van der Waals surface area contributed by atoms with E-state index in [4.69, 9.17) is 16.3 Å². The molecule has 0 radical (unpaired) electrons. The highest BCUT2D eigenvalue weighted by Crippen LogP contribution is 2.36. The lowest BCUT2D eigenvalue weighted by atomic mass is 10.2. The van der Waals surface area contributed by atoms with E-state index in [0.29, 0.717) is 4.47 Å². The third-order valence-electron chi connectivity index (χ3n) is 1.78. The topological polar surface area (TPSA) is 72.6 Å². The SMILES string of the molecule is COc1ccc(Br)c(/C=C(\Cl)[N+](=O)[O-])c1O. The first-order valence-electron chi connectivity index (χ1n) is 4.04. The van der Waals surface area contributed by atoms with Crippen molar-refractivity contribution in [2.24, 2.45) is 0 Å². The minimum Gasteiger partial charge on any atom is -0.504 e. The van der Waals surface area contributed by atoms with Crippen molar-refractivity contribution in [2.45, 2.75) is 0 Å². The monoisotopic (exact) mass is 307 g/mol. The Morgan fingerprint density at radius 2 is 2.31 bits per heavy atom. The van der Waals surface area contributed by atoms with E-state index < -0.39 is 10.1 Å². The summed E-state index contributed by atoms with van der Waals surface area (Å²) in [6.45, 7) is 0. The van der Waals surface area contributed by atoms with Crippen LogP contribution in [0, 0.1) is 10.1 Å². The van der Waals surface area contributed by atoms with Crippen LogP contribution in [0.15, 0.2) is 21.8 Å². The molecule has 0 spiro atoms. The molecule has 0 saturated heterocycles. The van der Waals surface area contributed by atoms with E-state index in [1.807, 2.05) is 0 Å². The number of hydrogen-bond donors (Lipinski definition) is 1. The van der Waals surface area contributed by atoms with Crippen molar-refractivity contribution in [3.63, 3.8) is 0 Å². The number of nitro groups is 1. The van der Waals surface area contributed by atoms with Gasteiger partial charge < -0.3 is 9.84 Å². The molecule has 7 heteroatoms. The Balaban J connectivity index is 3.33. The Kier molecular flexibility index (Phi) is 4.14. The van der Waals surface area contributed by atoms with Gasteiger partial charge in [0.1, 0.15) is 0 Å². The molecule has 0 aliphatic rings. The third-order valence-corrected chi connectivity index (χ3v) is 2.72. The molecule has 16 heavy (non-hydrogen) atoms. The van der Waals surface area contributed by atoms with Crippen molar-refractivity contribution >= 4 is 33.6 Å². The van der Waals surface area contributed by atoms with Gasteiger partial charge in [0.2, 0.25) is 0 Å². The van der Waals surface area contributed by atoms with Crippen LogP contribution in [0.2, 0.25) is 0 Å². The van der Waals surface area contributed by atoms with Crippen LogP contribution >= 0.6 is 27.5 Å². The Hall–Kier alpha value is -1.27. The summed E-state index contributed by atoms with van der Waals surface area (Å²) < 4.78 is 5.35. The summed E-state index contributed by atoms with van der Waals surface area (Å²) in [5, 5.41) is 19.5. The maximum atomic E-state index is 10.4. The summed E-state index contributed by atoms with van der Waals surface area (Å²) in [6, 6.07) is 3.12. The highest BCUT2D eigenvalue weighted by molar-refractivity contribution is 9.10. The number of halogens is 2. The number of aromatic hydroxyl groups is 1. The Bertz CT molecular complexity index is 461. The lowest BCUT2D eigenvalue weighted by molar-refractivity contribution is -0.410. The van der Waals surface area contributed by atoms with Gasteiger partial charge in [0, 0.05) is 16.1 Å². The maximum absolute atomic E-state index is 10.4. The molecule has 0 atom stereocenters. The molecule has 5 nitrogen and oxygen atoms in total. The molecule has 0 heterocycles. The number of phenolic OH excluding ortho intramolecular Hbond substituents is 1. The first-order valence-corrected chi connectivity index (χ1v) is 5.21. The normalized spacial score (nSPS) is 11.3. The molecule has 0 aliphatic carbocycles. The smallest absolute Gasteiger partial charge is 0.338 e. The second kappa shape index (κ2) is 5.18. The van der Waals surface area contributed by atoms with Gasteiger partial charge in [-0.15, -0.1) is 0 Å². The molecule has 0 aliphatic heterocycles. The molecule has 0 unspecified atom stereocenters. The highest BCUT2D eigenvalue weighted by Gasteiger charge is 2.14. The number of methoxy groups -OCH3 is 1. The zero-order valence-corrected chi connectivity index (χ0v) is 10.4. The number of rotatable bonds is 3. The summed E-state index contributed by atoms with van der Waals surface area (Å²) in [4.78, 5) is 9.60. The minimum atomic E-state index is -0.757. The number of hydrogen-bond acceptors (Lipinski definition) is 4. The number of benzene rings is 1. The van der Waals surface area contributed by atoms with E-state index in [1.54, 1.807) is 6.07 Å². The summed E-state index contributed by atoms with van der Waals surface area (Å²) in [6.07, 6.45) is 1.05. The van der Waals surface area contributed by atoms with Crippen molar-refractivity contribution in [2.75, 3.05) is 7.11 Å². The molecule has 1 rings (SSSR count). The van der Waals surface area contributed by atoms with Crippen molar-refractivity contribution in [3.8, 4) is 11.5 Å². The molecule has 0 amide bonds. The fraction of sp³-hybridized carbons (Fsp3) is 0.111. The van der Waals surface area contributed by atoms with Crippen molar-refractivity contribution in [1.82, 2.24) is 0 Å². The van der Waals surface area contributed by atoms with Crippen LogP contribution in [0.4, 0.5) is 0 Å². The van der Waals surface area contributed by atoms with Gasteiger partial charge in [-0.3, -0.25) is 10.1 Å². The standard InChI is InChI=1S/C9H7BrClNO4/c1-16-7-3-2-6(10)5(9(7)13)4-8(11)12(14)15/h2-4,13H,1H3/b8-4+. The predicted molar refractivity (Wildman–Crippen MR) is 63.2 cm³/mol. The van der Waals surface area contributed by atoms with Gasteiger partial charge in [-0.25, -0.2) is 0 Å². The molecule has 1 aromatic carbocycles. The quantitative estimate of drug-likeness (QED) is 0.529. The van der Waals surface area contributed by atoms with E-state index in [-0.39, 0.29) is 17.1 Å². The Morgan fingerprint density at radius 1 is 1.69 bits per heavy atom. The molecule has 86 valence electrons. The summed E-state index contributed by atoms with van der Waals surface area (Å²) in [5.74, 6) is -0.000797. The van der Waals surface area contributed by atoms with Crippen molar-refractivity contribution in [3.05, 3.63) is 37.4 Å². The van der Waals surface area contributed by atoms with Gasteiger partial charge in [-0.05, 0) is 23.7 Å². The maximum Gasteiger partial charge on any atom is 0.338 e. The van der Waals surface area contributed by atoms with Crippen molar-refractivity contribution in [1.29, 1.82) is 0 Å². The van der Waals surface area contributed by atoms with Gasteiger partial charge in [0.25, 0.3) is 0 Å². The first-order chi connectivity index (χ1) is 7.47. The zero-order chi connectivity index (χ0) is 12.3. The van der Waals surface area contributed by atoms with Gasteiger partial charge >= 0.3 is 5.16 Å². The average Bonchev–Trinajstić information content (AvgIpc) is 2.24. The van der Waals surface area contributed by atoms with Crippen LogP contribution in [-0.2, 0) is 0 Å². The largest absolute Gasteiger partial charge is 0.504 e. The first kappa shape index (κ1) is 12.8. The van der Waals surface area contributed by atoms with Gasteiger partial charge in [-0.2, -0.15) is 0 Å². The average molecular weight is 309 g/mol. The third kappa shape index (κ3) is 2.65. The van der Waals surface area contributed by atoms with E-state index in [9.17, 15) is 15.2 Å². The predicted octanol–water partition coefficient (Wildman–Crippen LogP) is 2.98. The lowest BCUT2D eigenvalue weighted by Crippen LogP contribution is -1.92. The second-order valence-corrected chi connectivity index (χ2v) is 3.98. The number of phenols is 1. The Morgan fingerprint density at radius 3 is 2.81 bits per heavy atom. The van der Waals surface area contributed by atoms with E-state index in [0.717, 1.165) is 6.08 Å². The highest BCUT2D eigenvalue weighted by atomic mass is 79.9. The fourth-order valence-corrected chi connectivity index (χ4v) is 1.58. The van der Waals surface area contributed by atoms with Crippen LogP contribution < -0.4 is 4.74 Å². The van der Waals surface area contributed by atoms with Crippen LogP contribution in [0.25, 0.3) is 6.08 Å². The summed E-state index contributed by atoms with van der Waals surface area (Å²) >= 11 is 8.53. The van der Waals surface area contributed by atoms with E-state index in [2.05, 4.69) is 15.9 Å². The summed E-state index contributed by atoms with van der Waals surface area (Å²) in [7, 11) is 1.38. The van der Waals surface area contributed by atoms with E-state index in [1.165, 1.54) is 13.2 Å².